The molecule has 7 heteroatoms. The summed E-state index contributed by atoms with van der Waals surface area (Å²) in [5.74, 6) is 0.686. The van der Waals surface area contributed by atoms with Gasteiger partial charge in [0.2, 0.25) is 5.91 Å². The summed E-state index contributed by atoms with van der Waals surface area (Å²) in [6.07, 6.45) is 0. The van der Waals surface area contributed by atoms with Crippen LogP contribution in [0.5, 0.6) is 5.75 Å². The minimum absolute atomic E-state index is 0.107. The Labute approximate surface area is 156 Å². The Morgan fingerprint density at radius 3 is 2.72 bits per heavy atom. The summed E-state index contributed by atoms with van der Waals surface area (Å²) < 4.78 is 10.9. The molecule has 1 aliphatic heterocycles. The molecule has 132 valence electrons. The fraction of sp³-hybridized carbons (Fsp3) is 0.278. The summed E-state index contributed by atoms with van der Waals surface area (Å²) >= 11 is 12.0. The van der Waals surface area contributed by atoms with Gasteiger partial charge in [-0.1, -0.05) is 23.2 Å². The molecule has 1 N–H and O–H groups in total. The predicted octanol–water partition coefficient (Wildman–Crippen LogP) is 3.93. The first kappa shape index (κ1) is 18.0. The number of anilines is 1. The molecule has 25 heavy (non-hydrogen) atoms. The second-order valence-electron chi connectivity index (χ2n) is 5.89. The Hall–Kier alpha value is -1.79. The summed E-state index contributed by atoms with van der Waals surface area (Å²) in [5, 5.41) is 4.10. The van der Waals surface area contributed by atoms with Crippen molar-refractivity contribution in [2.24, 2.45) is 0 Å². The second kappa shape index (κ2) is 8.06. The third kappa shape index (κ3) is 4.86. The fourth-order valence-corrected chi connectivity index (χ4v) is 3.09. The molecule has 2 aromatic rings. The quantitative estimate of drug-likeness (QED) is 0.853. The fourth-order valence-electron chi connectivity index (χ4n) is 2.70. The monoisotopic (exact) mass is 380 g/mol. The van der Waals surface area contributed by atoms with Gasteiger partial charge in [-0.05, 0) is 43.4 Å². The molecule has 5 nitrogen and oxygen atoms in total. The van der Waals surface area contributed by atoms with E-state index in [-0.39, 0.29) is 19.2 Å². The van der Waals surface area contributed by atoms with Crippen molar-refractivity contribution in [1.29, 1.82) is 0 Å². The van der Waals surface area contributed by atoms with E-state index in [1.54, 1.807) is 24.3 Å². The molecule has 0 spiro atoms. The van der Waals surface area contributed by atoms with Crippen LogP contribution in [0.1, 0.15) is 11.1 Å². The highest BCUT2D eigenvalue weighted by atomic mass is 35.5. The van der Waals surface area contributed by atoms with Crippen LogP contribution < -0.4 is 10.1 Å². The van der Waals surface area contributed by atoms with E-state index in [2.05, 4.69) is 5.32 Å². The van der Waals surface area contributed by atoms with Crippen LogP contribution in [0.3, 0.4) is 0 Å². The molecule has 0 fully saturated rings. The second-order valence-corrected chi connectivity index (χ2v) is 6.76. The molecule has 0 unspecified atom stereocenters. The topological polar surface area (TPSA) is 50.8 Å². The number of rotatable bonds is 5. The third-order valence-electron chi connectivity index (χ3n) is 3.73. The van der Waals surface area contributed by atoms with E-state index >= 15 is 0 Å². The number of hydrogen-bond acceptors (Lipinski definition) is 4. The van der Waals surface area contributed by atoms with Crippen molar-refractivity contribution >= 4 is 34.8 Å². The first-order chi connectivity index (χ1) is 12.0. The van der Waals surface area contributed by atoms with Gasteiger partial charge in [0.15, 0.2) is 6.79 Å². The molecule has 0 bridgehead atoms. The number of ether oxygens (including phenoxy) is 2. The molecule has 0 atom stereocenters. The van der Waals surface area contributed by atoms with Crippen LogP contribution in [-0.4, -0.2) is 31.2 Å². The smallest absolute Gasteiger partial charge is 0.238 e. The van der Waals surface area contributed by atoms with Crippen molar-refractivity contribution in [2.75, 3.05) is 25.7 Å². The van der Waals surface area contributed by atoms with E-state index in [1.165, 1.54) is 0 Å². The summed E-state index contributed by atoms with van der Waals surface area (Å²) in [5.41, 5.74) is 2.57. The zero-order valence-corrected chi connectivity index (χ0v) is 15.2. The summed E-state index contributed by atoms with van der Waals surface area (Å²) in [6.45, 7) is 1.48. The first-order valence-corrected chi connectivity index (χ1v) is 8.52. The van der Waals surface area contributed by atoms with Gasteiger partial charge in [-0.2, -0.15) is 0 Å². The Bertz CT molecular complexity index is 766. The predicted molar refractivity (Wildman–Crippen MR) is 98.2 cm³/mol. The van der Waals surface area contributed by atoms with E-state index < -0.39 is 0 Å². The van der Waals surface area contributed by atoms with Gasteiger partial charge < -0.3 is 14.8 Å². The number of hydrogen-bond donors (Lipinski definition) is 1. The van der Waals surface area contributed by atoms with Crippen LogP contribution in [-0.2, 0) is 22.7 Å². The van der Waals surface area contributed by atoms with Gasteiger partial charge in [0.05, 0.1) is 13.2 Å². The van der Waals surface area contributed by atoms with Gasteiger partial charge in [0, 0.05) is 33.4 Å². The SMILES string of the molecule is CN(CC(=O)Nc1ccc(Cl)cc1)Cc1cc(Cl)cc2c1OCOC2. The number of halogens is 2. The third-order valence-corrected chi connectivity index (χ3v) is 4.20. The minimum atomic E-state index is -0.107. The lowest BCUT2D eigenvalue weighted by atomic mass is 10.1. The van der Waals surface area contributed by atoms with Gasteiger partial charge in [-0.25, -0.2) is 0 Å². The molecular weight excluding hydrogens is 363 g/mol. The Kier molecular flexibility index (Phi) is 5.81. The number of nitrogens with zero attached hydrogens (tertiary/aromatic N) is 1. The van der Waals surface area contributed by atoms with Crippen molar-refractivity contribution in [3.8, 4) is 5.75 Å². The molecule has 3 rings (SSSR count). The van der Waals surface area contributed by atoms with Crippen LogP contribution in [0.25, 0.3) is 0 Å². The number of benzene rings is 2. The van der Waals surface area contributed by atoms with E-state index in [0.717, 1.165) is 16.9 Å². The maximum atomic E-state index is 12.2. The molecule has 0 aliphatic carbocycles. The van der Waals surface area contributed by atoms with E-state index in [1.807, 2.05) is 24.1 Å². The average molecular weight is 381 g/mol. The van der Waals surface area contributed by atoms with Crippen molar-refractivity contribution in [2.45, 2.75) is 13.2 Å². The molecule has 1 amide bonds. The number of amides is 1. The Morgan fingerprint density at radius 1 is 1.20 bits per heavy atom. The number of carbonyl (C=O) groups excluding carboxylic acids is 1. The molecule has 1 heterocycles. The van der Waals surface area contributed by atoms with Crippen LogP contribution in [0.4, 0.5) is 5.69 Å². The maximum absolute atomic E-state index is 12.2. The van der Waals surface area contributed by atoms with Crippen LogP contribution in [0, 0.1) is 0 Å². The number of likely N-dealkylation sites (N-methyl/N-ethyl adjacent to an activating group) is 1. The Balaban J connectivity index is 1.62. The maximum Gasteiger partial charge on any atom is 0.238 e. The number of carbonyl (C=O) groups is 1. The van der Waals surface area contributed by atoms with Crippen molar-refractivity contribution in [3.05, 3.63) is 57.6 Å². The van der Waals surface area contributed by atoms with Crippen molar-refractivity contribution in [1.82, 2.24) is 4.90 Å². The lowest BCUT2D eigenvalue weighted by molar-refractivity contribution is -0.117. The molecule has 1 aliphatic rings. The average Bonchev–Trinajstić information content (AvgIpc) is 2.56. The van der Waals surface area contributed by atoms with Gasteiger partial charge in [0.25, 0.3) is 0 Å². The van der Waals surface area contributed by atoms with Gasteiger partial charge in [0.1, 0.15) is 5.75 Å². The largest absolute Gasteiger partial charge is 0.467 e. The Morgan fingerprint density at radius 2 is 1.96 bits per heavy atom. The van der Waals surface area contributed by atoms with Crippen LogP contribution in [0.2, 0.25) is 10.0 Å². The molecule has 0 saturated carbocycles. The molecular formula is C18H18Cl2N2O3. The summed E-state index contributed by atoms with van der Waals surface area (Å²) in [7, 11) is 1.87. The van der Waals surface area contributed by atoms with Crippen LogP contribution >= 0.6 is 23.2 Å². The van der Waals surface area contributed by atoms with Crippen molar-refractivity contribution in [3.63, 3.8) is 0 Å². The first-order valence-electron chi connectivity index (χ1n) is 7.77. The molecule has 0 aromatic heterocycles. The summed E-state index contributed by atoms with van der Waals surface area (Å²) in [6, 6.07) is 10.7. The molecule has 2 aromatic carbocycles. The van der Waals surface area contributed by atoms with Gasteiger partial charge >= 0.3 is 0 Å². The lowest BCUT2D eigenvalue weighted by Gasteiger charge is -2.23. The van der Waals surface area contributed by atoms with E-state index in [0.29, 0.717) is 28.9 Å². The highest BCUT2D eigenvalue weighted by Gasteiger charge is 2.18. The van der Waals surface area contributed by atoms with Gasteiger partial charge in [-0.3, -0.25) is 9.69 Å². The highest BCUT2D eigenvalue weighted by molar-refractivity contribution is 6.31. The van der Waals surface area contributed by atoms with Crippen LogP contribution in [0.15, 0.2) is 36.4 Å². The van der Waals surface area contributed by atoms with Gasteiger partial charge in [-0.15, -0.1) is 0 Å². The zero-order valence-electron chi connectivity index (χ0n) is 13.7. The van der Waals surface area contributed by atoms with Crippen molar-refractivity contribution < 1.29 is 14.3 Å². The summed E-state index contributed by atoms with van der Waals surface area (Å²) in [4.78, 5) is 14.1. The standard InChI is InChI=1S/C18H18Cl2N2O3/c1-22(9-17(23)21-16-4-2-14(19)3-5-16)8-12-6-15(20)7-13-10-24-11-25-18(12)13/h2-7H,8-11H2,1H3,(H,21,23). The molecule has 0 saturated heterocycles. The normalized spacial score (nSPS) is 13.3. The number of nitrogens with one attached hydrogen (secondary N) is 1. The minimum Gasteiger partial charge on any atom is -0.467 e. The number of fused-ring (bicyclic) bond motifs is 1. The molecule has 0 radical (unpaired) electrons. The lowest BCUT2D eigenvalue weighted by Crippen LogP contribution is -2.30. The van der Waals surface area contributed by atoms with E-state index in [9.17, 15) is 4.79 Å². The van der Waals surface area contributed by atoms with E-state index in [4.69, 9.17) is 32.7 Å². The highest BCUT2D eigenvalue weighted by Crippen LogP contribution is 2.32. The zero-order chi connectivity index (χ0) is 17.8.